The van der Waals surface area contributed by atoms with Crippen LogP contribution in [0.4, 0.5) is 5.69 Å². The van der Waals surface area contributed by atoms with Crippen LogP contribution in [0.1, 0.15) is 19.4 Å². The highest BCUT2D eigenvalue weighted by Crippen LogP contribution is 2.31. The van der Waals surface area contributed by atoms with Gasteiger partial charge in [0.2, 0.25) is 5.91 Å². The van der Waals surface area contributed by atoms with Crippen LogP contribution < -0.4 is 10.1 Å². The average molecular weight is 460 g/mol. The van der Waals surface area contributed by atoms with E-state index in [1.165, 1.54) is 17.3 Å². The summed E-state index contributed by atoms with van der Waals surface area (Å²) < 4.78 is 7.24. The van der Waals surface area contributed by atoms with Gasteiger partial charge in [0, 0.05) is 29.3 Å². The molecule has 33 heavy (non-hydrogen) atoms. The molecule has 0 spiro atoms. The van der Waals surface area contributed by atoms with Crippen molar-refractivity contribution in [3.8, 4) is 22.8 Å². The van der Waals surface area contributed by atoms with Gasteiger partial charge in [0.05, 0.1) is 12.4 Å². The lowest BCUT2D eigenvalue weighted by molar-refractivity contribution is -0.115. The summed E-state index contributed by atoms with van der Waals surface area (Å²) in [7, 11) is 1.63. The first-order valence-corrected chi connectivity index (χ1v) is 11.5. The SMILES string of the molecule is CCc1ccc(NC(=O)C(C)Sc2nnc(-c3ccncc3)n2-c2ccc(OC)cc2)cc1. The van der Waals surface area contributed by atoms with E-state index in [4.69, 9.17) is 4.74 Å². The van der Waals surface area contributed by atoms with Gasteiger partial charge in [-0.2, -0.15) is 0 Å². The summed E-state index contributed by atoms with van der Waals surface area (Å²) in [5, 5.41) is 12.0. The Hall–Kier alpha value is -3.65. The lowest BCUT2D eigenvalue weighted by atomic mass is 10.1. The van der Waals surface area contributed by atoms with E-state index >= 15 is 0 Å². The summed E-state index contributed by atoms with van der Waals surface area (Å²) in [4.78, 5) is 17.0. The van der Waals surface area contributed by atoms with Crippen LogP contribution in [0, 0.1) is 0 Å². The molecular formula is C25H25N5O2S. The fraction of sp³-hybridized carbons (Fsp3) is 0.200. The van der Waals surface area contributed by atoms with Crippen LogP contribution in [0.15, 0.2) is 78.2 Å². The first-order chi connectivity index (χ1) is 16.1. The van der Waals surface area contributed by atoms with Crippen LogP contribution in [-0.2, 0) is 11.2 Å². The van der Waals surface area contributed by atoms with E-state index in [-0.39, 0.29) is 11.2 Å². The van der Waals surface area contributed by atoms with Gasteiger partial charge in [-0.15, -0.1) is 10.2 Å². The van der Waals surface area contributed by atoms with Crippen molar-refractivity contribution in [2.24, 2.45) is 0 Å². The van der Waals surface area contributed by atoms with Crippen molar-refractivity contribution in [1.29, 1.82) is 0 Å². The van der Waals surface area contributed by atoms with Crippen molar-refractivity contribution in [2.45, 2.75) is 30.7 Å². The number of methoxy groups -OCH3 is 1. The summed E-state index contributed by atoms with van der Waals surface area (Å²) in [6, 6.07) is 19.3. The molecule has 168 valence electrons. The van der Waals surface area contributed by atoms with Crippen LogP contribution >= 0.6 is 11.8 Å². The third-order valence-electron chi connectivity index (χ3n) is 5.18. The van der Waals surface area contributed by atoms with E-state index in [0.29, 0.717) is 11.0 Å². The summed E-state index contributed by atoms with van der Waals surface area (Å²) >= 11 is 1.36. The monoisotopic (exact) mass is 459 g/mol. The minimum atomic E-state index is -0.387. The number of anilines is 1. The van der Waals surface area contributed by atoms with E-state index in [2.05, 4.69) is 27.4 Å². The summed E-state index contributed by atoms with van der Waals surface area (Å²) in [5.74, 6) is 1.33. The van der Waals surface area contributed by atoms with Gasteiger partial charge in [-0.3, -0.25) is 14.3 Å². The maximum absolute atomic E-state index is 12.9. The van der Waals surface area contributed by atoms with Crippen LogP contribution in [0.2, 0.25) is 0 Å². The number of carbonyl (C=O) groups excluding carboxylic acids is 1. The van der Waals surface area contributed by atoms with Gasteiger partial charge in [0.25, 0.3) is 0 Å². The van der Waals surface area contributed by atoms with Gasteiger partial charge in [-0.05, 0) is 67.4 Å². The molecule has 0 saturated heterocycles. The lowest BCUT2D eigenvalue weighted by Gasteiger charge is -2.14. The highest BCUT2D eigenvalue weighted by Gasteiger charge is 2.22. The Morgan fingerprint density at radius 3 is 2.36 bits per heavy atom. The maximum atomic E-state index is 12.9. The molecule has 1 atom stereocenters. The third kappa shape index (κ3) is 5.23. The molecule has 0 radical (unpaired) electrons. The molecule has 0 aliphatic rings. The minimum absolute atomic E-state index is 0.0982. The minimum Gasteiger partial charge on any atom is -0.497 e. The first kappa shape index (κ1) is 22.5. The van der Waals surface area contributed by atoms with E-state index < -0.39 is 0 Å². The number of carbonyl (C=O) groups is 1. The summed E-state index contributed by atoms with van der Waals surface area (Å²) in [6.07, 6.45) is 4.39. The number of pyridine rings is 1. The molecular weight excluding hydrogens is 434 g/mol. The number of amides is 1. The van der Waals surface area contributed by atoms with Crippen molar-refractivity contribution in [3.05, 3.63) is 78.6 Å². The number of hydrogen-bond acceptors (Lipinski definition) is 6. The van der Waals surface area contributed by atoms with E-state index in [1.54, 1.807) is 19.5 Å². The molecule has 0 aliphatic carbocycles. The van der Waals surface area contributed by atoms with Crippen LogP contribution in [-0.4, -0.2) is 38.0 Å². The molecule has 2 aromatic heterocycles. The Labute approximate surface area is 197 Å². The normalized spacial score (nSPS) is 11.7. The zero-order valence-corrected chi connectivity index (χ0v) is 19.5. The van der Waals surface area contributed by atoms with Crippen LogP contribution in [0.25, 0.3) is 17.1 Å². The second kappa shape index (κ2) is 10.3. The molecule has 4 rings (SSSR count). The van der Waals surface area contributed by atoms with Gasteiger partial charge >= 0.3 is 0 Å². The number of rotatable bonds is 8. The Bertz CT molecular complexity index is 1210. The molecule has 0 fully saturated rings. The fourth-order valence-electron chi connectivity index (χ4n) is 3.28. The zero-order chi connectivity index (χ0) is 23.2. The molecule has 0 aliphatic heterocycles. The molecule has 8 heteroatoms. The van der Waals surface area contributed by atoms with Crippen LogP contribution in [0.3, 0.4) is 0 Å². The Kier molecular flexibility index (Phi) is 7.04. The third-order valence-corrected chi connectivity index (χ3v) is 6.23. The van der Waals surface area contributed by atoms with Gasteiger partial charge in [-0.1, -0.05) is 30.8 Å². The second-order valence-corrected chi connectivity index (χ2v) is 8.68. The first-order valence-electron chi connectivity index (χ1n) is 10.7. The number of ether oxygens (including phenoxy) is 1. The lowest BCUT2D eigenvalue weighted by Crippen LogP contribution is -2.22. The number of benzene rings is 2. The number of aryl methyl sites for hydroxylation is 1. The van der Waals surface area contributed by atoms with E-state index in [9.17, 15) is 4.79 Å². The zero-order valence-electron chi connectivity index (χ0n) is 18.7. The number of thioether (sulfide) groups is 1. The topological polar surface area (TPSA) is 81.9 Å². The van der Waals surface area contributed by atoms with Crippen molar-refractivity contribution < 1.29 is 9.53 Å². The molecule has 0 bridgehead atoms. The molecule has 0 saturated carbocycles. The van der Waals surface area contributed by atoms with Gasteiger partial charge < -0.3 is 10.1 Å². The van der Waals surface area contributed by atoms with E-state index in [0.717, 1.165) is 29.1 Å². The molecule has 2 heterocycles. The fourth-order valence-corrected chi connectivity index (χ4v) is 4.15. The molecule has 7 nitrogen and oxygen atoms in total. The van der Waals surface area contributed by atoms with E-state index in [1.807, 2.05) is 72.2 Å². The second-order valence-electron chi connectivity index (χ2n) is 7.38. The molecule has 1 N–H and O–H groups in total. The van der Waals surface area contributed by atoms with Gasteiger partial charge in [0.1, 0.15) is 5.75 Å². The maximum Gasteiger partial charge on any atom is 0.237 e. The molecule has 4 aromatic rings. The van der Waals surface area contributed by atoms with Gasteiger partial charge in [0.15, 0.2) is 11.0 Å². The van der Waals surface area contributed by atoms with Crippen LogP contribution in [0.5, 0.6) is 5.75 Å². The van der Waals surface area contributed by atoms with Crippen molar-refractivity contribution in [3.63, 3.8) is 0 Å². The number of nitrogens with zero attached hydrogens (tertiary/aromatic N) is 4. The Morgan fingerprint density at radius 1 is 1.03 bits per heavy atom. The summed E-state index contributed by atoms with van der Waals surface area (Å²) in [6.45, 7) is 3.96. The summed E-state index contributed by atoms with van der Waals surface area (Å²) in [5.41, 5.74) is 3.76. The predicted octanol–water partition coefficient (Wildman–Crippen LogP) is 5.02. The molecule has 2 aromatic carbocycles. The highest BCUT2D eigenvalue weighted by molar-refractivity contribution is 8.00. The number of aromatic nitrogens is 4. The number of nitrogens with one attached hydrogen (secondary N) is 1. The van der Waals surface area contributed by atoms with Crippen molar-refractivity contribution in [1.82, 2.24) is 19.7 Å². The standard InChI is InChI=1S/C25H25N5O2S/c1-4-18-5-7-20(8-6-18)27-24(31)17(2)33-25-29-28-23(19-13-15-26-16-14-19)30(25)21-9-11-22(32-3)12-10-21/h5-17H,4H2,1-3H3,(H,27,31). The Morgan fingerprint density at radius 2 is 1.73 bits per heavy atom. The largest absolute Gasteiger partial charge is 0.497 e. The quantitative estimate of drug-likeness (QED) is 0.373. The molecule has 1 amide bonds. The van der Waals surface area contributed by atoms with Crippen molar-refractivity contribution in [2.75, 3.05) is 12.4 Å². The van der Waals surface area contributed by atoms with Gasteiger partial charge in [-0.25, -0.2) is 0 Å². The Balaban J connectivity index is 1.61. The highest BCUT2D eigenvalue weighted by atomic mass is 32.2. The van der Waals surface area contributed by atoms with Crippen molar-refractivity contribution >= 4 is 23.4 Å². The number of hydrogen-bond donors (Lipinski definition) is 1. The molecule has 1 unspecified atom stereocenters. The predicted molar refractivity (Wildman–Crippen MR) is 131 cm³/mol. The average Bonchev–Trinajstić information content (AvgIpc) is 3.28. The smallest absolute Gasteiger partial charge is 0.237 e.